The first-order valence-corrected chi connectivity index (χ1v) is 18.2. The van der Waals surface area contributed by atoms with E-state index >= 15 is 0 Å². The topological polar surface area (TPSA) is 240 Å². The fourth-order valence-electron chi connectivity index (χ4n) is 6.76. The number of carbonyl (C=O) groups excluding carboxylic acids is 2. The van der Waals surface area contributed by atoms with Gasteiger partial charge in [0.1, 0.15) is 15.1 Å². The predicted molar refractivity (Wildman–Crippen MR) is 180 cm³/mol. The smallest absolute Gasteiger partial charge is 0.296 e. The van der Waals surface area contributed by atoms with Gasteiger partial charge in [-0.3, -0.25) is 38.7 Å². The van der Waals surface area contributed by atoms with Crippen molar-refractivity contribution in [3.8, 4) is 0 Å². The largest absolute Gasteiger partial charge is 0.397 e. The molecule has 14 nitrogen and oxygen atoms in total. The lowest BCUT2D eigenvalue weighted by Crippen LogP contribution is -2.34. The monoisotopic (exact) mass is 714 g/mol. The van der Waals surface area contributed by atoms with Crippen molar-refractivity contribution in [3.63, 3.8) is 0 Å². The number of ketones is 2. The minimum absolute atomic E-state index is 0.0387. The molecule has 0 bridgehead atoms. The van der Waals surface area contributed by atoms with E-state index in [1.54, 1.807) is 6.07 Å². The molecule has 0 saturated heterocycles. The first-order chi connectivity index (χ1) is 23.7. The maximum atomic E-state index is 14.1. The van der Waals surface area contributed by atoms with Crippen molar-refractivity contribution in [1.29, 1.82) is 0 Å². The third-order valence-electron chi connectivity index (χ3n) is 9.05. The summed E-state index contributed by atoms with van der Waals surface area (Å²) in [6.07, 6.45) is 3.96. The molecule has 0 radical (unpaired) electrons. The first-order valence-electron chi connectivity index (χ1n) is 15.4. The van der Waals surface area contributed by atoms with Crippen molar-refractivity contribution in [2.45, 2.75) is 47.9 Å². The Morgan fingerprint density at radius 3 is 1.82 bits per heavy atom. The molecule has 3 aromatic rings. The Bertz CT molecular complexity index is 2870. The van der Waals surface area contributed by atoms with Crippen LogP contribution in [0.4, 0.5) is 11.4 Å². The van der Waals surface area contributed by atoms with Gasteiger partial charge in [-0.05, 0) is 25.0 Å². The molecule has 0 atom stereocenters. The van der Waals surface area contributed by atoms with Gasteiger partial charge in [-0.1, -0.05) is 67.8 Å². The van der Waals surface area contributed by atoms with Crippen LogP contribution in [0.15, 0.2) is 90.1 Å². The van der Waals surface area contributed by atoms with Gasteiger partial charge in [0.2, 0.25) is 0 Å². The van der Waals surface area contributed by atoms with Crippen LogP contribution < -0.4 is 32.7 Å². The summed E-state index contributed by atoms with van der Waals surface area (Å²) in [4.78, 5) is 58.3. The van der Waals surface area contributed by atoms with Gasteiger partial charge in [-0.25, -0.2) is 0 Å². The lowest BCUT2D eigenvalue weighted by Gasteiger charge is -2.22. The molecule has 0 unspecified atom stereocenters. The number of hydrogen-bond acceptors (Lipinski definition) is 12. The van der Waals surface area contributed by atoms with E-state index in [1.807, 2.05) is 0 Å². The second-order valence-electron chi connectivity index (χ2n) is 12.1. The summed E-state index contributed by atoms with van der Waals surface area (Å²) < 4.78 is 71.1. The minimum atomic E-state index is -5.20. The number of benzene rings is 3. The fraction of sp³-hybridized carbons (Fsp3) is 0.176. The van der Waals surface area contributed by atoms with E-state index in [-0.39, 0.29) is 38.5 Å². The third-order valence-corrected chi connectivity index (χ3v) is 10.8. The Hall–Kier alpha value is -5.42. The van der Waals surface area contributed by atoms with Crippen LogP contribution >= 0.6 is 0 Å². The van der Waals surface area contributed by atoms with E-state index in [1.165, 1.54) is 42.5 Å². The van der Waals surface area contributed by atoms with Crippen molar-refractivity contribution < 1.29 is 35.5 Å². The summed E-state index contributed by atoms with van der Waals surface area (Å²) in [5, 5.41) is 2.40. The molecule has 4 aliphatic carbocycles. The maximum Gasteiger partial charge on any atom is 0.296 e. The molecule has 0 aromatic heterocycles. The molecule has 254 valence electrons. The summed E-state index contributed by atoms with van der Waals surface area (Å²) in [5.41, 5.74) is 4.54. The van der Waals surface area contributed by atoms with Crippen LogP contribution in [0.5, 0.6) is 0 Å². The highest BCUT2D eigenvalue weighted by Gasteiger charge is 2.36. The summed E-state index contributed by atoms with van der Waals surface area (Å²) in [6, 6.07) is 12.9. The number of carbonyl (C=O) groups is 2. The van der Waals surface area contributed by atoms with Crippen molar-refractivity contribution in [3.05, 3.63) is 125 Å². The highest BCUT2D eigenvalue weighted by atomic mass is 32.2. The van der Waals surface area contributed by atoms with E-state index in [4.69, 9.17) is 5.73 Å². The highest BCUT2D eigenvalue weighted by molar-refractivity contribution is 7.86. The average molecular weight is 715 g/mol. The molecule has 0 amide bonds. The van der Waals surface area contributed by atoms with E-state index in [2.05, 4.69) is 15.5 Å². The van der Waals surface area contributed by atoms with Crippen molar-refractivity contribution >= 4 is 53.9 Å². The number of hydrogen-bond donors (Lipinski definition) is 4. The standard InChI is InChI=1S/C34H26N4O10S2/c35-29-23(49(43,44)45)15-22(26-27(29)33(41)19-12-6-4-10-17(19)32(26)40)37-38-30-24(50(46,47)48)14-21(36-16-8-2-1-3-9-16)25-28(30)34(42)20-13-7-5-11-18(20)31(25)39/h4-7,10-16,37H,1-3,8-9,35H2,(H,43,44,45)(H,46,47,48). The van der Waals surface area contributed by atoms with Crippen LogP contribution in [0.1, 0.15) is 63.9 Å². The number of nitrogen functional groups attached to an aromatic ring is 1. The Kier molecular flexibility index (Phi) is 7.86. The molecule has 1 fully saturated rings. The van der Waals surface area contributed by atoms with Gasteiger partial charge in [-0.15, -0.1) is 0 Å². The van der Waals surface area contributed by atoms with Crippen LogP contribution in [-0.4, -0.2) is 43.5 Å². The number of anilines is 2. The zero-order valence-corrected chi connectivity index (χ0v) is 27.5. The van der Waals surface area contributed by atoms with Crippen molar-refractivity contribution in [2.24, 2.45) is 10.1 Å². The third kappa shape index (κ3) is 5.32. The number of nitrogens with zero attached hydrogens (tertiary/aromatic N) is 2. The van der Waals surface area contributed by atoms with E-state index in [0.29, 0.717) is 12.8 Å². The quantitative estimate of drug-likeness (QED) is 0.114. The van der Waals surface area contributed by atoms with E-state index in [0.717, 1.165) is 31.4 Å². The number of nitrogens with two attached hydrogens (primary N) is 1. The number of rotatable bonds is 5. The SMILES string of the molecule is Nc1c(S(=O)(=O)O)cc(NN=c2c(S(=O)(=O)O)cc(=NC3CCCCC3)c3c(=O)c4ccccc4c(=O)c2=3)c2c1C(=O)c1ccccc1C2=O. The van der Waals surface area contributed by atoms with Gasteiger partial charge in [0.05, 0.1) is 44.3 Å². The average Bonchev–Trinajstić information content (AvgIpc) is 3.08. The van der Waals surface area contributed by atoms with Gasteiger partial charge in [-0.2, -0.15) is 21.9 Å². The molecule has 50 heavy (non-hydrogen) atoms. The summed E-state index contributed by atoms with van der Waals surface area (Å²) >= 11 is 0. The zero-order chi connectivity index (χ0) is 35.7. The summed E-state index contributed by atoms with van der Waals surface area (Å²) in [6.45, 7) is 0. The Morgan fingerprint density at radius 1 is 0.700 bits per heavy atom. The first kappa shape index (κ1) is 33.1. The Balaban J connectivity index is 1.62. The molecule has 0 spiro atoms. The lowest BCUT2D eigenvalue weighted by molar-refractivity contribution is 0.0980. The molecule has 1 saturated carbocycles. The van der Waals surface area contributed by atoms with Crippen LogP contribution in [0.25, 0.3) is 10.8 Å². The van der Waals surface area contributed by atoms with Gasteiger partial charge < -0.3 is 5.73 Å². The molecular formula is C34H26N4O10S2. The minimum Gasteiger partial charge on any atom is -0.397 e. The number of nitrogens with one attached hydrogen (secondary N) is 1. The molecule has 7 rings (SSSR count). The zero-order valence-electron chi connectivity index (χ0n) is 25.8. The molecule has 0 aliphatic heterocycles. The van der Waals surface area contributed by atoms with Crippen molar-refractivity contribution in [2.75, 3.05) is 11.2 Å². The lowest BCUT2D eigenvalue weighted by atomic mass is 9.82. The van der Waals surface area contributed by atoms with Crippen LogP contribution in [0.2, 0.25) is 0 Å². The fourth-order valence-corrected chi connectivity index (χ4v) is 8.06. The molecular weight excluding hydrogens is 689 g/mol. The van der Waals surface area contributed by atoms with Crippen LogP contribution in [0.3, 0.4) is 0 Å². The molecule has 4 aliphatic rings. The number of fused-ring (bicyclic) bond motifs is 3. The van der Waals surface area contributed by atoms with Gasteiger partial charge in [0.15, 0.2) is 22.4 Å². The molecule has 3 aromatic carbocycles. The maximum absolute atomic E-state index is 14.1. The normalized spacial score (nSPS) is 16.2. The predicted octanol–water partition coefficient (Wildman–Crippen LogP) is 2.17. The second-order valence-corrected chi connectivity index (χ2v) is 14.9. The Labute approximate surface area is 282 Å². The Morgan fingerprint density at radius 2 is 1.24 bits per heavy atom. The van der Waals surface area contributed by atoms with Crippen LogP contribution in [0, 0.1) is 10.4 Å². The summed E-state index contributed by atoms with van der Waals surface area (Å²) in [5.74, 6) is -1.64. The van der Waals surface area contributed by atoms with Crippen LogP contribution in [-0.2, 0) is 20.2 Å². The summed E-state index contributed by atoms with van der Waals surface area (Å²) in [7, 11) is -10.3. The van der Waals surface area contributed by atoms with Crippen molar-refractivity contribution in [1.82, 2.24) is 0 Å². The van der Waals surface area contributed by atoms with E-state index < -0.39 is 85.5 Å². The second kappa shape index (κ2) is 11.9. The van der Waals surface area contributed by atoms with Gasteiger partial charge >= 0.3 is 0 Å². The molecule has 16 heteroatoms. The molecule has 5 N–H and O–H groups in total. The van der Waals surface area contributed by atoms with E-state index in [9.17, 15) is 45.1 Å². The van der Waals surface area contributed by atoms with Gasteiger partial charge in [0, 0.05) is 21.9 Å². The highest BCUT2D eigenvalue weighted by Crippen LogP contribution is 2.39. The van der Waals surface area contributed by atoms with Gasteiger partial charge in [0.25, 0.3) is 20.2 Å². The molecule has 0 heterocycles.